The fourth-order valence-electron chi connectivity index (χ4n) is 2.10. The summed E-state index contributed by atoms with van der Waals surface area (Å²) in [5, 5.41) is 2.87. The van der Waals surface area contributed by atoms with Crippen molar-refractivity contribution < 1.29 is 18.0 Å². The Balaban J connectivity index is 1.82. The minimum absolute atomic E-state index is 0.281. The van der Waals surface area contributed by atoms with Gasteiger partial charge in [0.2, 0.25) is 0 Å². The van der Waals surface area contributed by atoms with E-state index in [1.807, 2.05) is 0 Å². The molecule has 0 spiro atoms. The lowest BCUT2D eigenvalue weighted by atomic mass is 10.2. The zero-order valence-corrected chi connectivity index (χ0v) is 11.0. The Kier molecular flexibility index (Phi) is 3.21. The van der Waals surface area contributed by atoms with E-state index >= 15 is 0 Å². The molecule has 1 aliphatic carbocycles. The van der Waals surface area contributed by atoms with E-state index in [1.54, 1.807) is 0 Å². The van der Waals surface area contributed by atoms with Gasteiger partial charge >= 0.3 is 0 Å². The number of nitrogens with zero attached hydrogens (tertiary/aromatic N) is 1. The van der Waals surface area contributed by atoms with Crippen molar-refractivity contribution in [2.24, 2.45) is 0 Å². The maximum atomic E-state index is 13.1. The first-order chi connectivity index (χ1) is 9.54. The molecule has 1 amide bonds. The highest BCUT2D eigenvalue weighted by atomic mass is 32.1. The molecule has 0 fully saturated rings. The van der Waals surface area contributed by atoms with Crippen LogP contribution in [0.2, 0.25) is 0 Å². The Morgan fingerprint density at radius 2 is 1.90 bits per heavy atom. The number of aromatic nitrogens is 1. The van der Waals surface area contributed by atoms with Crippen LogP contribution in [0, 0.1) is 17.5 Å². The van der Waals surface area contributed by atoms with Crippen molar-refractivity contribution in [3.8, 4) is 0 Å². The highest BCUT2D eigenvalue weighted by molar-refractivity contribution is 7.15. The van der Waals surface area contributed by atoms with Crippen LogP contribution in [-0.2, 0) is 12.8 Å². The van der Waals surface area contributed by atoms with Gasteiger partial charge in [0.05, 0.1) is 5.69 Å². The predicted octanol–water partition coefficient (Wildman–Crippen LogP) is 3.30. The van der Waals surface area contributed by atoms with Crippen molar-refractivity contribution in [2.75, 3.05) is 5.32 Å². The molecule has 0 radical (unpaired) electrons. The summed E-state index contributed by atoms with van der Waals surface area (Å²) in [5.41, 5.74) is 0.679. The molecule has 0 bridgehead atoms. The molecule has 104 valence electrons. The summed E-state index contributed by atoms with van der Waals surface area (Å²) in [4.78, 5) is 17.2. The molecule has 3 nitrogen and oxygen atoms in total. The minimum Gasteiger partial charge on any atom is -0.298 e. The molecule has 1 aromatic carbocycles. The van der Waals surface area contributed by atoms with Gasteiger partial charge in [0.1, 0.15) is 0 Å². The van der Waals surface area contributed by atoms with Crippen LogP contribution in [0.4, 0.5) is 18.3 Å². The maximum absolute atomic E-state index is 13.1. The first kappa shape index (κ1) is 13.1. The normalized spacial score (nSPS) is 13.3. The summed E-state index contributed by atoms with van der Waals surface area (Å²) < 4.78 is 38.9. The van der Waals surface area contributed by atoms with E-state index < -0.39 is 23.4 Å². The molecule has 1 aliphatic rings. The van der Waals surface area contributed by atoms with E-state index in [1.165, 1.54) is 11.3 Å². The molecule has 1 N–H and O–H groups in total. The SMILES string of the molecule is O=C(Nc1nc2c(s1)CCC2)c1cc(F)c(F)c(F)c1. The van der Waals surface area contributed by atoms with E-state index in [0.29, 0.717) is 17.3 Å². The summed E-state index contributed by atoms with van der Waals surface area (Å²) in [7, 11) is 0. The number of fused-ring (bicyclic) bond motifs is 1. The van der Waals surface area contributed by atoms with Crippen LogP contribution >= 0.6 is 11.3 Å². The Bertz CT molecular complexity index is 654. The molecule has 1 heterocycles. The van der Waals surface area contributed by atoms with E-state index in [9.17, 15) is 18.0 Å². The molecule has 2 aromatic rings. The lowest BCUT2D eigenvalue weighted by molar-refractivity contribution is 0.102. The quantitative estimate of drug-likeness (QED) is 0.864. The largest absolute Gasteiger partial charge is 0.298 e. The van der Waals surface area contributed by atoms with Crippen molar-refractivity contribution in [3.05, 3.63) is 45.7 Å². The summed E-state index contributed by atoms with van der Waals surface area (Å²) in [6, 6.07) is 1.32. The first-order valence-corrected chi connectivity index (χ1v) is 6.80. The average molecular weight is 298 g/mol. The van der Waals surface area contributed by atoms with E-state index in [2.05, 4.69) is 10.3 Å². The van der Waals surface area contributed by atoms with Crippen molar-refractivity contribution in [2.45, 2.75) is 19.3 Å². The second-order valence-electron chi connectivity index (χ2n) is 4.45. The fraction of sp³-hybridized carbons (Fsp3) is 0.231. The minimum atomic E-state index is -1.59. The number of nitrogens with one attached hydrogen (secondary N) is 1. The monoisotopic (exact) mass is 298 g/mol. The molecule has 0 atom stereocenters. The average Bonchev–Trinajstić information content (AvgIpc) is 2.96. The van der Waals surface area contributed by atoms with Crippen LogP contribution < -0.4 is 5.32 Å². The summed E-state index contributed by atoms with van der Waals surface area (Å²) in [5.74, 6) is -5.08. The smallest absolute Gasteiger partial charge is 0.257 e. The number of hydrogen-bond donors (Lipinski definition) is 1. The third-order valence-corrected chi connectivity index (χ3v) is 4.13. The molecular weight excluding hydrogens is 289 g/mol. The van der Waals surface area contributed by atoms with Crippen molar-refractivity contribution in [1.82, 2.24) is 4.98 Å². The topological polar surface area (TPSA) is 42.0 Å². The van der Waals surface area contributed by atoms with Gasteiger partial charge in [0.15, 0.2) is 22.6 Å². The third-order valence-electron chi connectivity index (χ3n) is 3.06. The van der Waals surface area contributed by atoms with Crippen LogP contribution in [0.15, 0.2) is 12.1 Å². The van der Waals surface area contributed by atoms with Gasteiger partial charge in [-0.25, -0.2) is 18.2 Å². The highest BCUT2D eigenvalue weighted by Crippen LogP contribution is 2.30. The number of carbonyl (C=O) groups is 1. The van der Waals surface area contributed by atoms with Gasteiger partial charge in [-0.1, -0.05) is 0 Å². The number of thiazole rings is 1. The van der Waals surface area contributed by atoms with Crippen LogP contribution in [0.3, 0.4) is 0 Å². The number of anilines is 1. The number of carbonyl (C=O) groups excluding carboxylic acids is 1. The fourth-order valence-corrected chi connectivity index (χ4v) is 3.14. The third kappa shape index (κ3) is 2.29. The van der Waals surface area contributed by atoms with Crippen molar-refractivity contribution in [1.29, 1.82) is 0 Å². The lowest BCUT2D eigenvalue weighted by Gasteiger charge is -2.03. The van der Waals surface area contributed by atoms with Gasteiger partial charge in [0, 0.05) is 10.4 Å². The molecule has 0 aliphatic heterocycles. The molecule has 3 rings (SSSR count). The summed E-state index contributed by atoms with van der Waals surface area (Å²) in [6.07, 6.45) is 2.86. The van der Waals surface area contributed by atoms with Crippen LogP contribution in [0.1, 0.15) is 27.3 Å². The number of hydrogen-bond acceptors (Lipinski definition) is 3. The van der Waals surface area contributed by atoms with E-state index in [0.717, 1.165) is 29.8 Å². The Labute approximate surface area is 116 Å². The maximum Gasteiger partial charge on any atom is 0.257 e. The molecule has 7 heteroatoms. The standard InChI is InChI=1S/C13H9F3N2OS/c14-7-4-6(5-8(15)11(7)16)12(19)18-13-17-9-2-1-3-10(9)20-13/h4-5H,1-3H2,(H,17,18,19). The number of benzene rings is 1. The molecule has 0 saturated heterocycles. The van der Waals surface area contributed by atoms with Gasteiger partial charge in [-0.2, -0.15) is 0 Å². The van der Waals surface area contributed by atoms with Gasteiger partial charge < -0.3 is 0 Å². The van der Waals surface area contributed by atoms with Crippen molar-refractivity contribution >= 4 is 22.4 Å². The second-order valence-corrected chi connectivity index (χ2v) is 5.53. The van der Waals surface area contributed by atoms with E-state index in [-0.39, 0.29) is 5.56 Å². The van der Waals surface area contributed by atoms with E-state index in [4.69, 9.17) is 0 Å². The van der Waals surface area contributed by atoms with Crippen molar-refractivity contribution in [3.63, 3.8) is 0 Å². The highest BCUT2D eigenvalue weighted by Gasteiger charge is 2.19. The molecular formula is C13H9F3N2OS. The van der Waals surface area contributed by atoms with Crippen LogP contribution in [-0.4, -0.2) is 10.9 Å². The predicted molar refractivity (Wildman–Crippen MR) is 68.4 cm³/mol. The number of amides is 1. The molecule has 1 aromatic heterocycles. The second kappa shape index (κ2) is 4.90. The molecule has 20 heavy (non-hydrogen) atoms. The lowest BCUT2D eigenvalue weighted by Crippen LogP contribution is -2.13. The van der Waals surface area contributed by atoms with Gasteiger partial charge in [-0.3, -0.25) is 10.1 Å². The van der Waals surface area contributed by atoms with Gasteiger partial charge in [-0.15, -0.1) is 11.3 Å². The van der Waals surface area contributed by atoms with Gasteiger partial charge in [-0.05, 0) is 31.4 Å². The zero-order valence-electron chi connectivity index (χ0n) is 10.2. The number of rotatable bonds is 2. The Hall–Kier alpha value is -1.89. The molecule has 0 saturated carbocycles. The zero-order chi connectivity index (χ0) is 14.3. The number of aryl methyl sites for hydroxylation is 2. The van der Waals surface area contributed by atoms with Crippen LogP contribution in [0.25, 0.3) is 0 Å². The Morgan fingerprint density at radius 1 is 1.20 bits per heavy atom. The Morgan fingerprint density at radius 3 is 2.55 bits per heavy atom. The summed E-state index contributed by atoms with van der Waals surface area (Å²) >= 11 is 1.35. The first-order valence-electron chi connectivity index (χ1n) is 5.99. The van der Waals surface area contributed by atoms with Crippen LogP contribution in [0.5, 0.6) is 0 Å². The number of halogens is 3. The van der Waals surface area contributed by atoms with Gasteiger partial charge in [0.25, 0.3) is 5.91 Å². The molecule has 0 unspecified atom stereocenters. The summed E-state index contributed by atoms with van der Waals surface area (Å²) in [6.45, 7) is 0.